The second-order valence-corrected chi connectivity index (χ2v) is 5.94. The van der Waals surface area contributed by atoms with E-state index in [9.17, 15) is 4.79 Å². The molecule has 4 nitrogen and oxygen atoms in total. The van der Waals surface area contributed by atoms with E-state index in [4.69, 9.17) is 9.47 Å². The molecule has 122 valence electrons. The fraction of sp³-hybridized carbons (Fsp3) is 0.500. The lowest BCUT2D eigenvalue weighted by atomic mass is 9.92. The predicted molar refractivity (Wildman–Crippen MR) is 88.3 cm³/mol. The quantitative estimate of drug-likeness (QED) is 0.329. The molecule has 0 spiro atoms. The van der Waals surface area contributed by atoms with Gasteiger partial charge >= 0.3 is 5.97 Å². The van der Waals surface area contributed by atoms with Crippen molar-refractivity contribution in [3.05, 3.63) is 47.7 Å². The van der Waals surface area contributed by atoms with E-state index in [1.807, 2.05) is 36.4 Å². The second kappa shape index (κ2) is 9.26. The van der Waals surface area contributed by atoms with Gasteiger partial charge in [-0.15, -0.1) is 0 Å². The largest absolute Gasteiger partial charge is 0.482 e. The first-order chi connectivity index (χ1) is 10.5. The van der Waals surface area contributed by atoms with Crippen LogP contribution in [-0.4, -0.2) is 26.2 Å². The van der Waals surface area contributed by atoms with Gasteiger partial charge in [-0.05, 0) is 30.0 Å². The summed E-state index contributed by atoms with van der Waals surface area (Å²) in [5.41, 5.74) is 0.814. The summed E-state index contributed by atoms with van der Waals surface area (Å²) >= 11 is 0. The van der Waals surface area contributed by atoms with Gasteiger partial charge in [0.15, 0.2) is 0 Å². The van der Waals surface area contributed by atoms with Gasteiger partial charge < -0.3 is 14.8 Å². The Morgan fingerprint density at radius 1 is 1.27 bits per heavy atom. The molecule has 0 radical (unpaired) electrons. The van der Waals surface area contributed by atoms with Crippen LogP contribution in [-0.2, 0) is 20.9 Å². The van der Waals surface area contributed by atoms with Crippen molar-refractivity contribution in [2.24, 2.45) is 5.41 Å². The fourth-order valence-electron chi connectivity index (χ4n) is 1.99. The summed E-state index contributed by atoms with van der Waals surface area (Å²) in [4.78, 5) is 11.9. The normalized spacial score (nSPS) is 12.1. The van der Waals surface area contributed by atoms with Crippen LogP contribution in [0, 0.1) is 5.41 Å². The lowest BCUT2D eigenvalue weighted by molar-refractivity contribution is -0.140. The third kappa shape index (κ3) is 6.76. The first kappa shape index (κ1) is 18.2. The number of rotatable bonds is 9. The number of esters is 1. The predicted octanol–water partition coefficient (Wildman–Crippen LogP) is 3.29. The average molecular weight is 305 g/mol. The maximum absolute atomic E-state index is 11.9. The van der Waals surface area contributed by atoms with Crippen LogP contribution >= 0.6 is 0 Å². The Morgan fingerprint density at radius 2 is 1.95 bits per heavy atom. The van der Waals surface area contributed by atoms with Crippen LogP contribution in [0.2, 0.25) is 0 Å². The molecule has 0 aliphatic carbocycles. The third-order valence-electron chi connectivity index (χ3n) is 3.15. The summed E-state index contributed by atoms with van der Waals surface area (Å²) in [6.07, 6.45) is 2.92. The molecule has 0 aliphatic rings. The van der Waals surface area contributed by atoms with Gasteiger partial charge in [-0.3, -0.25) is 0 Å². The molecule has 0 aromatic heterocycles. The zero-order chi connectivity index (χ0) is 16.4. The van der Waals surface area contributed by atoms with Crippen LogP contribution in [0.25, 0.3) is 0 Å². The molecule has 0 fully saturated rings. The number of carbonyl (C=O) groups excluding carboxylic acids is 1. The molecular weight excluding hydrogens is 278 g/mol. The smallest absolute Gasteiger partial charge is 0.373 e. The van der Waals surface area contributed by atoms with Crippen molar-refractivity contribution in [3.63, 3.8) is 0 Å². The summed E-state index contributed by atoms with van der Waals surface area (Å²) in [6.45, 7) is 8.32. The summed E-state index contributed by atoms with van der Waals surface area (Å²) in [7, 11) is 1.37. The molecule has 1 rings (SSSR count). The minimum Gasteiger partial charge on any atom is -0.482 e. The Hall–Kier alpha value is -1.81. The molecule has 22 heavy (non-hydrogen) atoms. The molecule has 0 aliphatic heterocycles. The van der Waals surface area contributed by atoms with Crippen LogP contribution < -0.4 is 5.32 Å². The Morgan fingerprint density at radius 3 is 2.55 bits per heavy atom. The van der Waals surface area contributed by atoms with Gasteiger partial charge in [0, 0.05) is 6.54 Å². The van der Waals surface area contributed by atoms with Crippen molar-refractivity contribution >= 4 is 5.97 Å². The molecule has 0 amide bonds. The van der Waals surface area contributed by atoms with Gasteiger partial charge in [0.25, 0.3) is 0 Å². The highest BCUT2D eigenvalue weighted by molar-refractivity contribution is 5.86. The first-order valence-corrected chi connectivity index (χ1v) is 7.67. The number of carbonyl (C=O) groups is 1. The van der Waals surface area contributed by atoms with E-state index in [1.54, 1.807) is 0 Å². The molecule has 1 aromatic carbocycles. The number of benzene rings is 1. The summed E-state index contributed by atoms with van der Waals surface area (Å²) in [5, 5.41) is 3.36. The van der Waals surface area contributed by atoms with Gasteiger partial charge in [-0.2, -0.15) is 0 Å². The summed E-state index contributed by atoms with van der Waals surface area (Å²) < 4.78 is 10.5. The Labute approximate surface area is 133 Å². The second-order valence-electron chi connectivity index (χ2n) is 5.94. The zero-order valence-corrected chi connectivity index (χ0v) is 14.0. The Balaban J connectivity index is 2.74. The number of ether oxygens (including phenoxy) is 2. The lowest BCUT2D eigenvalue weighted by Crippen LogP contribution is -2.29. The lowest BCUT2D eigenvalue weighted by Gasteiger charge is -2.22. The van der Waals surface area contributed by atoms with E-state index in [0.717, 1.165) is 25.1 Å². The summed E-state index contributed by atoms with van der Waals surface area (Å²) in [6, 6.07) is 9.76. The highest BCUT2D eigenvalue weighted by Gasteiger charge is 2.20. The number of nitrogens with one attached hydrogen (secondary N) is 1. The average Bonchev–Trinajstić information content (AvgIpc) is 2.51. The molecule has 0 atom stereocenters. The third-order valence-corrected chi connectivity index (χ3v) is 3.15. The molecular formula is C18H27NO3. The standard InChI is InChI=1S/C18H27NO3/c1-5-11-19-14-18(2,3)12-16(17(20)21-4)22-13-15-9-7-6-8-10-15/h6-10,12,19H,5,11,13-14H2,1-4H3/b16-12-. The molecule has 0 unspecified atom stereocenters. The van der Waals surface area contributed by atoms with Crippen LogP contribution in [0.15, 0.2) is 42.2 Å². The first-order valence-electron chi connectivity index (χ1n) is 7.67. The molecule has 0 saturated heterocycles. The minimum absolute atomic E-state index is 0.199. The fourth-order valence-corrected chi connectivity index (χ4v) is 1.99. The molecule has 4 heteroatoms. The van der Waals surface area contributed by atoms with Crippen molar-refractivity contribution in [2.75, 3.05) is 20.2 Å². The molecule has 0 saturated carbocycles. The molecule has 0 bridgehead atoms. The van der Waals surface area contributed by atoms with Gasteiger partial charge in [0.05, 0.1) is 7.11 Å². The van der Waals surface area contributed by atoms with Gasteiger partial charge in [-0.25, -0.2) is 4.79 Å². The van der Waals surface area contributed by atoms with E-state index in [-0.39, 0.29) is 11.2 Å². The van der Waals surface area contributed by atoms with Gasteiger partial charge in [-0.1, -0.05) is 51.1 Å². The monoisotopic (exact) mass is 305 g/mol. The van der Waals surface area contributed by atoms with Crippen molar-refractivity contribution in [1.82, 2.24) is 5.32 Å². The summed E-state index contributed by atoms with van der Waals surface area (Å²) in [5.74, 6) is -0.186. The van der Waals surface area contributed by atoms with Crippen molar-refractivity contribution in [3.8, 4) is 0 Å². The Kier molecular flexibility index (Phi) is 7.67. The minimum atomic E-state index is -0.445. The highest BCUT2D eigenvalue weighted by Crippen LogP contribution is 2.20. The van der Waals surface area contributed by atoms with Crippen molar-refractivity contribution in [1.29, 1.82) is 0 Å². The molecule has 1 aromatic rings. The van der Waals surface area contributed by atoms with Gasteiger partial charge in [0.1, 0.15) is 6.61 Å². The van der Waals surface area contributed by atoms with Crippen molar-refractivity contribution in [2.45, 2.75) is 33.8 Å². The maximum Gasteiger partial charge on any atom is 0.373 e. The number of methoxy groups -OCH3 is 1. The van der Waals surface area contributed by atoms with E-state index in [1.165, 1.54) is 7.11 Å². The van der Waals surface area contributed by atoms with E-state index >= 15 is 0 Å². The van der Waals surface area contributed by atoms with E-state index < -0.39 is 5.97 Å². The highest BCUT2D eigenvalue weighted by atomic mass is 16.6. The van der Waals surface area contributed by atoms with Crippen LogP contribution in [0.5, 0.6) is 0 Å². The van der Waals surface area contributed by atoms with Crippen LogP contribution in [0.3, 0.4) is 0 Å². The number of hydrogen-bond acceptors (Lipinski definition) is 4. The van der Waals surface area contributed by atoms with E-state index in [2.05, 4.69) is 26.1 Å². The van der Waals surface area contributed by atoms with Gasteiger partial charge in [0.2, 0.25) is 5.76 Å². The Bertz CT molecular complexity index is 480. The van der Waals surface area contributed by atoms with E-state index in [0.29, 0.717) is 6.61 Å². The van der Waals surface area contributed by atoms with Crippen molar-refractivity contribution < 1.29 is 14.3 Å². The topological polar surface area (TPSA) is 47.6 Å². The van der Waals surface area contributed by atoms with Crippen LogP contribution in [0.4, 0.5) is 0 Å². The maximum atomic E-state index is 11.9. The van der Waals surface area contributed by atoms with Crippen LogP contribution in [0.1, 0.15) is 32.8 Å². The SMILES string of the molecule is CCCNCC(C)(C)/C=C(\OCc1ccccc1)C(=O)OC. The number of hydrogen-bond donors (Lipinski definition) is 1. The molecule has 0 heterocycles. The molecule has 1 N–H and O–H groups in total. The zero-order valence-electron chi connectivity index (χ0n) is 14.0.